The van der Waals surface area contributed by atoms with Crippen molar-refractivity contribution < 1.29 is 35.9 Å². The summed E-state index contributed by atoms with van der Waals surface area (Å²) in [6.07, 6.45) is -3.04. The third-order valence-electron chi connectivity index (χ3n) is 7.94. The highest BCUT2D eigenvalue weighted by Gasteiger charge is 2.28. The molecule has 0 spiro atoms. The van der Waals surface area contributed by atoms with Crippen LogP contribution < -0.4 is 14.2 Å². The topological polar surface area (TPSA) is 106 Å². The number of amides is 1. The van der Waals surface area contributed by atoms with E-state index in [9.17, 15) is 26.4 Å². The third kappa shape index (κ3) is 8.45. The van der Waals surface area contributed by atoms with Gasteiger partial charge in [0.2, 0.25) is 5.88 Å². The van der Waals surface area contributed by atoms with Crippen molar-refractivity contribution in [2.75, 3.05) is 37.5 Å². The Morgan fingerprint density at radius 1 is 0.939 bits per heavy atom. The Morgan fingerprint density at radius 3 is 2.35 bits per heavy atom. The van der Waals surface area contributed by atoms with Crippen molar-refractivity contribution in [2.24, 2.45) is 7.05 Å². The maximum Gasteiger partial charge on any atom is 0.422 e. The van der Waals surface area contributed by atoms with Crippen molar-refractivity contribution in [3.8, 4) is 17.4 Å². The molecule has 1 fully saturated rings. The van der Waals surface area contributed by atoms with Crippen LogP contribution in [-0.4, -0.2) is 72.6 Å². The molecule has 1 saturated heterocycles. The number of carbonyl (C=O) groups is 1. The molecule has 256 valence electrons. The quantitative estimate of drug-likeness (QED) is 0.171. The molecule has 1 aliphatic heterocycles. The van der Waals surface area contributed by atoms with Gasteiger partial charge in [-0.25, -0.2) is 13.4 Å². The number of nitrogens with zero attached hydrogens (tertiary/aromatic N) is 4. The molecule has 49 heavy (non-hydrogen) atoms. The number of benzene rings is 3. The molecule has 3 aromatic carbocycles. The van der Waals surface area contributed by atoms with Gasteiger partial charge in [-0.2, -0.15) is 13.2 Å². The molecule has 5 aromatic rings. The number of fused-ring (bicyclic) bond motifs is 1. The van der Waals surface area contributed by atoms with Crippen LogP contribution in [0.15, 0.2) is 96.0 Å². The van der Waals surface area contributed by atoms with Crippen LogP contribution >= 0.6 is 11.6 Å². The van der Waals surface area contributed by atoms with Gasteiger partial charge in [-0.05, 0) is 60.2 Å². The molecular formula is C34H31ClF3N5O5S. The lowest BCUT2D eigenvalue weighted by molar-refractivity contribution is -0.153. The molecule has 1 aliphatic rings. The number of aryl methyl sites for hydroxylation is 1. The molecule has 0 atom stereocenters. The van der Waals surface area contributed by atoms with Crippen LogP contribution in [0.3, 0.4) is 0 Å². The maximum atomic E-state index is 13.5. The Morgan fingerprint density at radius 2 is 1.67 bits per heavy atom. The summed E-state index contributed by atoms with van der Waals surface area (Å²) >= 11 is 5.93. The highest BCUT2D eigenvalue weighted by Crippen LogP contribution is 2.29. The number of nitrogens with one attached hydrogen (secondary N) is 1. The van der Waals surface area contributed by atoms with Gasteiger partial charge >= 0.3 is 6.18 Å². The first-order valence-electron chi connectivity index (χ1n) is 15.1. The SMILES string of the molecule is Cn1c(C(=O)N2CCN(Cc3ccc(OCC(F)(F)F)cc3)CC2)cc2ccc(Oc3ccc(NS(=O)(=O)c4cccc(Cl)c4)cn3)cc21. The van der Waals surface area contributed by atoms with Crippen LogP contribution in [0.25, 0.3) is 10.9 Å². The second-order valence-electron chi connectivity index (χ2n) is 11.5. The van der Waals surface area contributed by atoms with Gasteiger partial charge in [0.1, 0.15) is 17.2 Å². The Bertz CT molecular complexity index is 2070. The Labute approximate surface area is 285 Å². The fourth-order valence-corrected chi connectivity index (χ4v) is 6.78. The van der Waals surface area contributed by atoms with Gasteiger partial charge in [0, 0.05) is 62.3 Å². The fourth-order valence-electron chi connectivity index (χ4n) is 5.43. The van der Waals surface area contributed by atoms with Crippen molar-refractivity contribution in [2.45, 2.75) is 17.6 Å². The molecular weight excluding hydrogens is 683 g/mol. The number of rotatable bonds is 10. The number of hydrogen-bond donors (Lipinski definition) is 1. The van der Waals surface area contributed by atoms with E-state index in [1.807, 2.05) is 28.6 Å². The number of pyridine rings is 1. The summed E-state index contributed by atoms with van der Waals surface area (Å²) in [4.78, 5) is 21.8. The van der Waals surface area contributed by atoms with E-state index in [0.717, 1.165) is 16.5 Å². The largest absolute Gasteiger partial charge is 0.484 e. The molecule has 0 unspecified atom stereocenters. The van der Waals surface area contributed by atoms with Crippen molar-refractivity contribution >= 4 is 44.1 Å². The highest BCUT2D eigenvalue weighted by molar-refractivity contribution is 7.92. The molecule has 6 rings (SSSR count). The molecule has 0 radical (unpaired) electrons. The van der Waals surface area contributed by atoms with E-state index >= 15 is 0 Å². The highest BCUT2D eigenvalue weighted by atomic mass is 35.5. The second kappa shape index (κ2) is 14.0. The van der Waals surface area contributed by atoms with Gasteiger partial charge in [-0.3, -0.25) is 14.4 Å². The number of hydrogen-bond acceptors (Lipinski definition) is 7. The average Bonchev–Trinajstić information content (AvgIpc) is 3.40. The minimum atomic E-state index is -4.39. The van der Waals surface area contributed by atoms with Crippen LogP contribution in [0, 0.1) is 0 Å². The van der Waals surface area contributed by atoms with Gasteiger partial charge in [0.25, 0.3) is 15.9 Å². The van der Waals surface area contributed by atoms with Crippen molar-refractivity contribution in [1.29, 1.82) is 0 Å². The smallest absolute Gasteiger partial charge is 0.422 e. The summed E-state index contributed by atoms with van der Waals surface area (Å²) in [5.74, 6) is 0.805. The molecule has 3 heterocycles. The van der Waals surface area contributed by atoms with Crippen molar-refractivity contribution in [1.82, 2.24) is 19.4 Å². The lowest BCUT2D eigenvalue weighted by Gasteiger charge is -2.34. The van der Waals surface area contributed by atoms with E-state index < -0.39 is 22.8 Å². The van der Waals surface area contributed by atoms with Crippen LogP contribution in [0.4, 0.5) is 18.9 Å². The van der Waals surface area contributed by atoms with E-state index in [1.54, 1.807) is 42.5 Å². The first-order chi connectivity index (χ1) is 23.3. The number of piperazine rings is 1. The number of anilines is 1. The van der Waals surface area contributed by atoms with Crippen molar-refractivity contribution in [3.63, 3.8) is 0 Å². The van der Waals surface area contributed by atoms with E-state index in [4.69, 9.17) is 21.1 Å². The minimum absolute atomic E-state index is 0.0272. The summed E-state index contributed by atoms with van der Waals surface area (Å²) in [5, 5.41) is 1.16. The third-order valence-corrected chi connectivity index (χ3v) is 9.56. The van der Waals surface area contributed by atoms with Gasteiger partial charge in [0.15, 0.2) is 6.61 Å². The standard InChI is InChI=1S/C34H31ClF3N5O5S/c1-41-30-19-28(48-32-12-8-26(20-39-32)40-49(45,46)29-4-2-3-25(35)18-29)11-7-24(30)17-31(41)33(44)43-15-13-42(14-16-43)21-23-5-9-27(10-6-23)47-22-34(36,37)38/h2-12,17-20,40H,13-16,21-22H2,1H3. The van der Waals surface area contributed by atoms with E-state index in [2.05, 4.69) is 14.6 Å². The number of alkyl halides is 3. The molecule has 1 N–H and O–H groups in total. The lowest BCUT2D eigenvalue weighted by atomic mass is 10.2. The zero-order valence-corrected chi connectivity index (χ0v) is 27.7. The monoisotopic (exact) mass is 713 g/mol. The molecule has 15 heteroatoms. The number of carbonyl (C=O) groups excluding carboxylic acids is 1. The van der Waals surface area contributed by atoms with Crippen LogP contribution in [0.5, 0.6) is 17.4 Å². The fraction of sp³-hybridized carbons (Fsp3) is 0.235. The van der Waals surface area contributed by atoms with Crippen molar-refractivity contribution in [3.05, 3.63) is 107 Å². The second-order valence-corrected chi connectivity index (χ2v) is 13.6. The predicted molar refractivity (Wildman–Crippen MR) is 179 cm³/mol. The molecule has 0 aliphatic carbocycles. The van der Waals surface area contributed by atoms with Crippen LogP contribution in [0.1, 0.15) is 16.1 Å². The molecule has 2 aromatic heterocycles. The average molecular weight is 714 g/mol. The zero-order valence-electron chi connectivity index (χ0n) is 26.2. The zero-order chi connectivity index (χ0) is 34.8. The van der Waals surface area contributed by atoms with Gasteiger partial charge in [-0.1, -0.05) is 29.8 Å². The van der Waals surface area contributed by atoms with Crippen LogP contribution in [-0.2, 0) is 23.6 Å². The summed E-state index contributed by atoms with van der Waals surface area (Å²) in [5.41, 5.74) is 2.51. The molecule has 0 bridgehead atoms. The lowest BCUT2D eigenvalue weighted by Crippen LogP contribution is -2.48. The summed E-state index contributed by atoms with van der Waals surface area (Å²) in [6.45, 7) is 1.62. The maximum absolute atomic E-state index is 13.5. The van der Waals surface area contributed by atoms with Gasteiger partial charge in [-0.15, -0.1) is 0 Å². The Kier molecular flexibility index (Phi) is 9.72. The summed E-state index contributed by atoms with van der Waals surface area (Å²) < 4.78 is 77.5. The van der Waals surface area contributed by atoms with Gasteiger partial charge < -0.3 is 18.9 Å². The first kappa shape index (κ1) is 34.1. The number of sulfonamides is 1. The van der Waals surface area contributed by atoms with E-state index in [0.29, 0.717) is 49.2 Å². The molecule has 1 amide bonds. The molecule has 10 nitrogen and oxygen atoms in total. The molecule has 0 saturated carbocycles. The minimum Gasteiger partial charge on any atom is -0.484 e. The van der Waals surface area contributed by atoms with E-state index in [1.165, 1.54) is 36.5 Å². The first-order valence-corrected chi connectivity index (χ1v) is 17.0. The normalized spacial score (nSPS) is 14.2. The van der Waals surface area contributed by atoms with Crippen LogP contribution in [0.2, 0.25) is 5.02 Å². The summed E-state index contributed by atoms with van der Waals surface area (Å²) in [6, 6.07) is 22.8. The summed E-state index contributed by atoms with van der Waals surface area (Å²) in [7, 11) is -2.04. The number of halogens is 4. The van der Waals surface area contributed by atoms with E-state index in [-0.39, 0.29) is 28.1 Å². The number of ether oxygens (including phenoxy) is 2. The number of aromatic nitrogens is 2. The predicted octanol–water partition coefficient (Wildman–Crippen LogP) is 6.72. The Balaban J connectivity index is 1.04. The van der Waals surface area contributed by atoms with Gasteiger partial charge in [0.05, 0.1) is 22.3 Å². The Hall–Kier alpha value is -4.79.